The van der Waals surface area contributed by atoms with Crippen LogP contribution in [0.4, 0.5) is 0 Å². The number of hydrogen-bond donors (Lipinski definition) is 3. The Labute approximate surface area is 189 Å². The van der Waals surface area contributed by atoms with Crippen LogP contribution in [0, 0.1) is 0 Å². The van der Waals surface area contributed by atoms with E-state index in [4.69, 9.17) is 5.14 Å². The molecule has 2 aromatic rings. The lowest BCUT2D eigenvalue weighted by atomic mass is 9.96. The number of benzene rings is 2. The van der Waals surface area contributed by atoms with Gasteiger partial charge in [-0.3, -0.25) is 4.79 Å². The quantitative estimate of drug-likeness (QED) is 0.507. The normalized spacial score (nSPS) is 15.4. The molecule has 1 fully saturated rings. The summed E-state index contributed by atoms with van der Waals surface area (Å²) in [6, 6.07) is 12.6. The minimum absolute atomic E-state index is 0.00744. The van der Waals surface area contributed by atoms with Crippen LogP contribution >= 0.6 is 0 Å². The number of amides is 1. The van der Waals surface area contributed by atoms with E-state index in [-0.39, 0.29) is 34.7 Å². The van der Waals surface area contributed by atoms with Gasteiger partial charge in [-0.05, 0) is 54.7 Å². The van der Waals surface area contributed by atoms with E-state index in [9.17, 15) is 21.6 Å². The lowest BCUT2D eigenvalue weighted by Gasteiger charge is -2.22. The van der Waals surface area contributed by atoms with E-state index in [1.54, 1.807) is 36.4 Å². The number of nitrogens with two attached hydrogens (primary N) is 1. The fourth-order valence-electron chi connectivity index (χ4n) is 3.69. The van der Waals surface area contributed by atoms with Crippen LogP contribution in [-0.4, -0.2) is 28.8 Å². The van der Waals surface area contributed by atoms with Crippen LogP contribution in [0.2, 0.25) is 0 Å². The lowest BCUT2D eigenvalue weighted by Crippen LogP contribution is -2.36. The summed E-state index contributed by atoms with van der Waals surface area (Å²) >= 11 is 0. The van der Waals surface area contributed by atoms with Crippen molar-refractivity contribution in [1.82, 2.24) is 10.0 Å². The van der Waals surface area contributed by atoms with E-state index in [0.29, 0.717) is 6.42 Å². The maximum atomic E-state index is 12.6. The third-order valence-corrected chi connectivity index (χ3v) is 8.01. The molecule has 0 aliphatic heterocycles. The smallest absolute Gasteiger partial charge is 0.240 e. The van der Waals surface area contributed by atoms with Crippen molar-refractivity contribution in [2.75, 3.05) is 0 Å². The number of aryl methyl sites for hydroxylation is 1. The number of carbonyl (C=O) groups is 1. The fourth-order valence-corrected chi connectivity index (χ4v) is 5.51. The summed E-state index contributed by atoms with van der Waals surface area (Å²) in [5.41, 5.74) is 1.63. The zero-order valence-electron chi connectivity index (χ0n) is 17.8. The molecule has 0 unspecified atom stereocenters. The Balaban J connectivity index is 1.46. The molecule has 4 N–H and O–H groups in total. The molecule has 0 spiro atoms. The van der Waals surface area contributed by atoms with Crippen LogP contribution in [-0.2, 0) is 37.8 Å². The molecule has 3 rings (SSSR count). The Morgan fingerprint density at radius 1 is 0.844 bits per heavy atom. The zero-order valence-corrected chi connectivity index (χ0v) is 19.4. The molecule has 1 amide bonds. The van der Waals surface area contributed by atoms with Crippen LogP contribution in [0.5, 0.6) is 0 Å². The van der Waals surface area contributed by atoms with Crippen molar-refractivity contribution < 1.29 is 21.6 Å². The average Bonchev–Trinajstić information content (AvgIpc) is 2.76. The van der Waals surface area contributed by atoms with Gasteiger partial charge in [-0.25, -0.2) is 26.7 Å². The third kappa shape index (κ3) is 7.13. The highest BCUT2D eigenvalue weighted by Gasteiger charge is 2.21. The first-order valence-electron chi connectivity index (χ1n) is 10.6. The molecule has 0 atom stereocenters. The molecule has 2 aromatic carbocycles. The summed E-state index contributed by atoms with van der Waals surface area (Å²) in [4.78, 5) is 12.4. The summed E-state index contributed by atoms with van der Waals surface area (Å²) in [7, 11) is -7.27. The van der Waals surface area contributed by atoms with Crippen molar-refractivity contribution >= 4 is 26.0 Å². The maximum Gasteiger partial charge on any atom is 0.240 e. The molecule has 174 valence electrons. The second-order valence-corrected chi connectivity index (χ2v) is 11.3. The van der Waals surface area contributed by atoms with E-state index in [1.165, 1.54) is 12.1 Å². The topological polar surface area (TPSA) is 135 Å². The van der Waals surface area contributed by atoms with Crippen molar-refractivity contribution in [3.05, 3.63) is 59.7 Å². The number of carbonyl (C=O) groups excluding carboxylic acids is 1. The molecule has 0 saturated heterocycles. The Morgan fingerprint density at radius 2 is 1.41 bits per heavy atom. The van der Waals surface area contributed by atoms with Gasteiger partial charge >= 0.3 is 0 Å². The molecule has 10 heteroatoms. The van der Waals surface area contributed by atoms with Crippen molar-refractivity contribution in [3.8, 4) is 0 Å². The van der Waals surface area contributed by atoms with Crippen LogP contribution in [0.3, 0.4) is 0 Å². The van der Waals surface area contributed by atoms with E-state index >= 15 is 0 Å². The summed E-state index contributed by atoms with van der Waals surface area (Å²) in [5.74, 6) is -0.156. The number of hydrogen-bond acceptors (Lipinski definition) is 5. The third-order valence-electron chi connectivity index (χ3n) is 5.54. The van der Waals surface area contributed by atoms with E-state index < -0.39 is 20.0 Å². The average molecular weight is 480 g/mol. The zero-order chi connectivity index (χ0) is 23.2. The molecular formula is C22H29N3O5S2. The predicted molar refractivity (Wildman–Crippen MR) is 122 cm³/mol. The number of nitrogens with one attached hydrogen (secondary N) is 2. The number of primary sulfonamides is 1. The van der Waals surface area contributed by atoms with Gasteiger partial charge in [-0.15, -0.1) is 0 Å². The lowest BCUT2D eigenvalue weighted by molar-refractivity contribution is -0.121. The molecule has 0 radical (unpaired) electrons. The molecule has 1 aliphatic rings. The van der Waals surface area contributed by atoms with Crippen molar-refractivity contribution in [3.63, 3.8) is 0 Å². The monoisotopic (exact) mass is 479 g/mol. The molecule has 1 saturated carbocycles. The van der Waals surface area contributed by atoms with Gasteiger partial charge < -0.3 is 5.32 Å². The van der Waals surface area contributed by atoms with Gasteiger partial charge in [-0.1, -0.05) is 43.5 Å². The summed E-state index contributed by atoms with van der Waals surface area (Å²) in [6.45, 7) is 0.272. The van der Waals surface area contributed by atoms with Gasteiger partial charge in [0.05, 0.1) is 9.79 Å². The molecule has 32 heavy (non-hydrogen) atoms. The van der Waals surface area contributed by atoms with Gasteiger partial charge in [0.2, 0.25) is 26.0 Å². The van der Waals surface area contributed by atoms with Gasteiger partial charge in [0.15, 0.2) is 0 Å². The van der Waals surface area contributed by atoms with Crippen molar-refractivity contribution in [2.24, 2.45) is 5.14 Å². The molecular weight excluding hydrogens is 450 g/mol. The van der Waals surface area contributed by atoms with Gasteiger partial charge in [0, 0.05) is 19.0 Å². The van der Waals surface area contributed by atoms with E-state index in [1.807, 2.05) is 0 Å². The SMILES string of the molecule is NS(=O)(=O)c1ccc(CNC(=O)CCc2ccc(S(=O)(=O)NC3CCCCC3)cc2)cc1. The minimum Gasteiger partial charge on any atom is -0.352 e. The first-order chi connectivity index (χ1) is 15.1. The Hall–Kier alpha value is -2.27. The molecule has 0 bridgehead atoms. The Kier molecular flexibility index (Phi) is 8.05. The highest BCUT2D eigenvalue weighted by atomic mass is 32.2. The number of rotatable bonds is 9. The molecule has 0 aromatic heterocycles. The molecule has 1 aliphatic carbocycles. The first kappa shape index (κ1) is 24.4. The van der Waals surface area contributed by atoms with Gasteiger partial charge in [0.1, 0.15) is 0 Å². The van der Waals surface area contributed by atoms with Crippen molar-refractivity contribution in [1.29, 1.82) is 0 Å². The van der Waals surface area contributed by atoms with Gasteiger partial charge in [0.25, 0.3) is 0 Å². The number of sulfonamides is 2. The Bertz CT molecular complexity index is 1120. The summed E-state index contributed by atoms with van der Waals surface area (Å²) in [6.07, 6.45) is 5.75. The van der Waals surface area contributed by atoms with Crippen LogP contribution in [0.25, 0.3) is 0 Å². The predicted octanol–water partition coefficient (Wildman–Crippen LogP) is 2.19. The van der Waals surface area contributed by atoms with Crippen LogP contribution < -0.4 is 15.2 Å². The summed E-state index contributed by atoms with van der Waals surface area (Å²) in [5, 5.41) is 7.85. The highest BCUT2D eigenvalue weighted by molar-refractivity contribution is 7.89. The van der Waals surface area contributed by atoms with Crippen LogP contribution in [0.15, 0.2) is 58.3 Å². The van der Waals surface area contributed by atoms with Gasteiger partial charge in [-0.2, -0.15) is 0 Å². The molecule has 8 nitrogen and oxygen atoms in total. The summed E-state index contributed by atoms with van der Waals surface area (Å²) < 4.78 is 50.4. The molecule has 0 heterocycles. The fraction of sp³-hybridized carbons (Fsp3) is 0.409. The van der Waals surface area contributed by atoms with E-state index in [2.05, 4.69) is 10.0 Å². The van der Waals surface area contributed by atoms with E-state index in [0.717, 1.165) is 43.2 Å². The highest BCUT2D eigenvalue weighted by Crippen LogP contribution is 2.20. The standard InChI is InChI=1S/C22H29N3O5S2/c23-31(27,28)20-11-8-18(9-12-20)16-24-22(26)15-10-17-6-13-21(14-7-17)32(29,30)25-19-4-2-1-3-5-19/h6-9,11-14,19,25H,1-5,10,15-16H2,(H,24,26)(H2,23,27,28). The maximum absolute atomic E-state index is 12.6. The second-order valence-electron chi connectivity index (χ2n) is 8.07. The van der Waals surface area contributed by atoms with Crippen molar-refractivity contribution in [2.45, 2.75) is 67.3 Å². The minimum atomic E-state index is -3.74. The largest absolute Gasteiger partial charge is 0.352 e. The first-order valence-corrected chi connectivity index (χ1v) is 13.7. The van der Waals surface area contributed by atoms with Crippen LogP contribution in [0.1, 0.15) is 49.7 Å². The second kappa shape index (κ2) is 10.6. The Morgan fingerprint density at radius 3 is 2.00 bits per heavy atom.